The van der Waals surface area contributed by atoms with Crippen LogP contribution >= 0.6 is 15.9 Å². The van der Waals surface area contributed by atoms with Gasteiger partial charge in [0.2, 0.25) is 0 Å². The summed E-state index contributed by atoms with van der Waals surface area (Å²) in [5.74, 6) is -0.538. The van der Waals surface area contributed by atoms with E-state index >= 15 is 0 Å². The molecule has 1 N–H and O–H groups in total. The van der Waals surface area contributed by atoms with E-state index in [0.717, 1.165) is 0 Å². The van der Waals surface area contributed by atoms with Gasteiger partial charge in [-0.25, -0.2) is 0 Å². The van der Waals surface area contributed by atoms with Gasteiger partial charge in [0.25, 0.3) is 0 Å². The molecule has 64 valence electrons. The van der Waals surface area contributed by atoms with Crippen molar-refractivity contribution in [3.8, 4) is 0 Å². The van der Waals surface area contributed by atoms with Crippen LogP contribution in [0.25, 0.3) is 0 Å². The van der Waals surface area contributed by atoms with E-state index in [9.17, 15) is 4.79 Å². The van der Waals surface area contributed by atoms with E-state index in [2.05, 4.69) is 22.5 Å². The van der Waals surface area contributed by atoms with Crippen LogP contribution in [0, 0.1) is 11.8 Å². The molecule has 0 aromatic rings. The van der Waals surface area contributed by atoms with Crippen LogP contribution < -0.4 is 0 Å². The van der Waals surface area contributed by atoms with Crippen LogP contribution in [0.15, 0.2) is 12.7 Å². The van der Waals surface area contributed by atoms with Crippen LogP contribution in [0.2, 0.25) is 0 Å². The Morgan fingerprint density at radius 2 is 2.09 bits per heavy atom. The van der Waals surface area contributed by atoms with Crippen molar-refractivity contribution in [2.45, 2.75) is 18.7 Å². The molecule has 2 nitrogen and oxygen atoms in total. The lowest BCUT2D eigenvalue weighted by atomic mass is 9.93. The Morgan fingerprint density at radius 3 is 2.18 bits per heavy atom. The van der Waals surface area contributed by atoms with Gasteiger partial charge in [-0.1, -0.05) is 35.9 Å². The summed E-state index contributed by atoms with van der Waals surface area (Å²) in [6.45, 7) is 7.54. The first-order valence-electron chi connectivity index (χ1n) is 3.50. The Hall–Kier alpha value is -0.310. The first kappa shape index (κ1) is 10.7. The molecule has 0 saturated carbocycles. The second-order valence-electron chi connectivity index (χ2n) is 2.80. The average molecular weight is 221 g/mol. The van der Waals surface area contributed by atoms with Crippen molar-refractivity contribution < 1.29 is 9.90 Å². The van der Waals surface area contributed by atoms with Crippen LogP contribution in [0.4, 0.5) is 0 Å². The predicted octanol–water partition coefficient (Wildman–Crippen LogP) is 2.29. The van der Waals surface area contributed by atoms with Crippen molar-refractivity contribution in [2.24, 2.45) is 11.8 Å². The van der Waals surface area contributed by atoms with E-state index in [1.807, 2.05) is 13.8 Å². The zero-order valence-corrected chi connectivity index (χ0v) is 8.34. The maximum absolute atomic E-state index is 10.5. The van der Waals surface area contributed by atoms with Gasteiger partial charge in [0, 0.05) is 5.92 Å². The lowest BCUT2D eigenvalue weighted by Crippen LogP contribution is -2.25. The van der Waals surface area contributed by atoms with E-state index in [-0.39, 0.29) is 5.92 Å². The van der Waals surface area contributed by atoms with Crippen LogP contribution in [0.5, 0.6) is 0 Å². The fourth-order valence-electron chi connectivity index (χ4n) is 0.894. The second-order valence-corrected chi connectivity index (χ2v) is 3.78. The molecule has 0 aliphatic heterocycles. The molecule has 0 bridgehead atoms. The van der Waals surface area contributed by atoms with Gasteiger partial charge in [0.15, 0.2) is 0 Å². The summed E-state index contributed by atoms with van der Waals surface area (Å²) in [6.07, 6.45) is 1.68. The molecule has 0 fully saturated rings. The van der Waals surface area contributed by atoms with E-state index in [0.29, 0.717) is 5.92 Å². The minimum absolute atomic E-state index is 0.00694. The zero-order valence-electron chi connectivity index (χ0n) is 6.75. The highest BCUT2D eigenvalue weighted by Gasteiger charge is 2.24. The number of hydrogen-bond donors (Lipinski definition) is 1. The quantitative estimate of drug-likeness (QED) is 0.584. The van der Waals surface area contributed by atoms with Gasteiger partial charge in [0.05, 0.1) is 0 Å². The van der Waals surface area contributed by atoms with Gasteiger partial charge >= 0.3 is 5.97 Å². The standard InChI is InChI=1S/C8H13BrO2/c1-4-6(5(2)3)7(9)8(10)11/h4-7H,1H2,2-3H3,(H,10,11). The molecule has 2 atom stereocenters. The smallest absolute Gasteiger partial charge is 0.317 e. The highest BCUT2D eigenvalue weighted by molar-refractivity contribution is 9.10. The molecule has 0 aliphatic rings. The summed E-state index contributed by atoms with van der Waals surface area (Å²) >= 11 is 3.10. The third-order valence-corrected chi connectivity index (χ3v) is 2.62. The maximum atomic E-state index is 10.5. The number of alkyl halides is 1. The Balaban J connectivity index is 4.25. The van der Waals surface area contributed by atoms with Crippen LogP contribution in [0.3, 0.4) is 0 Å². The second kappa shape index (κ2) is 4.54. The van der Waals surface area contributed by atoms with E-state index in [1.165, 1.54) is 0 Å². The number of carboxylic acid groups (broad SMARTS) is 1. The van der Waals surface area contributed by atoms with E-state index < -0.39 is 10.8 Å². The number of rotatable bonds is 4. The molecule has 3 heteroatoms. The van der Waals surface area contributed by atoms with Gasteiger partial charge in [-0.05, 0) is 5.92 Å². The summed E-state index contributed by atoms with van der Waals surface area (Å²) in [5.41, 5.74) is 0. The average Bonchev–Trinajstić information content (AvgIpc) is 1.88. The lowest BCUT2D eigenvalue weighted by Gasteiger charge is -2.18. The fraction of sp³-hybridized carbons (Fsp3) is 0.625. The van der Waals surface area contributed by atoms with Crippen molar-refractivity contribution in [1.29, 1.82) is 0 Å². The number of halogens is 1. The molecule has 0 radical (unpaired) electrons. The first-order chi connectivity index (χ1) is 5.00. The van der Waals surface area contributed by atoms with Gasteiger partial charge in [-0.15, -0.1) is 6.58 Å². The van der Waals surface area contributed by atoms with Crippen LogP contribution in [-0.2, 0) is 4.79 Å². The molecule has 2 unspecified atom stereocenters. The van der Waals surface area contributed by atoms with E-state index in [1.54, 1.807) is 6.08 Å². The van der Waals surface area contributed by atoms with Gasteiger partial charge in [-0.3, -0.25) is 4.79 Å². The monoisotopic (exact) mass is 220 g/mol. The largest absolute Gasteiger partial charge is 0.480 e. The van der Waals surface area contributed by atoms with Gasteiger partial charge in [0.1, 0.15) is 4.83 Å². The predicted molar refractivity (Wildman–Crippen MR) is 48.9 cm³/mol. The number of aliphatic carboxylic acids is 1. The molecule has 0 rings (SSSR count). The van der Waals surface area contributed by atoms with E-state index in [4.69, 9.17) is 5.11 Å². The minimum atomic E-state index is -0.830. The third-order valence-electron chi connectivity index (χ3n) is 1.62. The SMILES string of the molecule is C=CC(C(C)C)C(Br)C(=O)O. The van der Waals surface area contributed by atoms with Crippen molar-refractivity contribution in [3.63, 3.8) is 0 Å². The molecule has 0 aromatic heterocycles. The molecule has 0 saturated heterocycles. The summed E-state index contributed by atoms with van der Waals surface area (Å²) in [4.78, 5) is 10.00. The van der Waals surface area contributed by atoms with Crippen LogP contribution in [-0.4, -0.2) is 15.9 Å². The lowest BCUT2D eigenvalue weighted by molar-refractivity contribution is -0.137. The number of allylic oxidation sites excluding steroid dienone is 1. The van der Waals surface area contributed by atoms with Gasteiger partial charge in [-0.2, -0.15) is 0 Å². The van der Waals surface area contributed by atoms with Crippen molar-refractivity contribution in [1.82, 2.24) is 0 Å². The first-order valence-corrected chi connectivity index (χ1v) is 4.41. The van der Waals surface area contributed by atoms with Gasteiger partial charge < -0.3 is 5.11 Å². The Kier molecular flexibility index (Phi) is 4.42. The molecule has 0 spiro atoms. The fourth-order valence-corrected chi connectivity index (χ4v) is 1.72. The van der Waals surface area contributed by atoms with Crippen LogP contribution in [0.1, 0.15) is 13.8 Å². The minimum Gasteiger partial charge on any atom is -0.480 e. The summed E-state index contributed by atoms with van der Waals surface area (Å²) in [5, 5.41) is 8.64. The number of hydrogen-bond acceptors (Lipinski definition) is 1. The summed E-state index contributed by atoms with van der Waals surface area (Å²) < 4.78 is 0. The zero-order chi connectivity index (χ0) is 9.02. The van der Waals surface area contributed by atoms with Crippen molar-refractivity contribution >= 4 is 21.9 Å². The molecular weight excluding hydrogens is 208 g/mol. The third kappa shape index (κ3) is 3.06. The Bertz CT molecular complexity index is 154. The normalized spacial score (nSPS) is 16.0. The summed E-state index contributed by atoms with van der Waals surface area (Å²) in [6, 6.07) is 0. The number of carbonyl (C=O) groups is 1. The molecule has 11 heavy (non-hydrogen) atoms. The molecule has 0 aromatic carbocycles. The van der Waals surface area contributed by atoms with Crippen molar-refractivity contribution in [2.75, 3.05) is 0 Å². The molecular formula is C8H13BrO2. The topological polar surface area (TPSA) is 37.3 Å². The maximum Gasteiger partial charge on any atom is 0.317 e. The number of carboxylic acids is 1. The summed E-state index contributed by atoms with van der Waals surface area (Å²) in [7, 11) is 0. The molecule has 0 amide bonds. The Morgan fingerprint density at radius 1 is 1.64 bits per heavy atom. The Labute approximate surface area is 75.4 Å². The van der Waals surface area contributed by atoms with Crippen molar-refractivity contribution in [3.05, 3.63) is 12.7 Å². The molecule has 0 heterocycles. The highest BCUT2D eigenvalue weighted by atomic mass is 79.9. The highest BCUT2D eigenvalue weighted by Crippen LogP contribution is 2.22. The molecule has 0 aliphatic carbocycles.